The Hall–Kier alpha value is -2.11. The summed E-state index contributed by atoms with van der Waals surface area (Å²) in [6.07, 6.45) is 0. The van der Waals surface area contributed by atoms with Gasteiger partial charge in [0.1, 0.15) is 17.3 Å². The summed E-state index contributed by atoms with van der Waals surface area (Å²) in [6.45, 7) is 1.83. The molecule has 0 spiro atoms. The van der Waals surface area contributed by atoms with E-state index in [-0.39, 0.29) is 5.82 Å². The number of hydrogen-bond donors (Lipinski definition) is 2. The molecule has 2 aromatic rings. The Labute approximate surface area is 123 Å². The Balaban J connectivity index is 2.61. The zero-order valence-electron chi connectivity index (χ0n) is 12.3. The first kappa shape index (κ1) is 15.3. The average Bonchev–Trinajstić information content (AvgIpc) is 2.49. The molecule has 21 heavy (non-hydrogen) atoms. The minimum absolute atomic E-state index is 0.328. The van der Waals surface area contributed by atoms with Crippen molar-refractivity contribution in [2.45, 2.75) is 13.0 Å². The summed E-state index contributed by atoms with van der Waals surface area (Å²) in [5.74, 6) is 6.50. The molecular weight excluding hydrogens is 271 g/mol. The van der Waals surface area contributed by atoms with Crippen LogP contribution < -0.4 is 20.7 Å². The quantitative estimate of drug-likeness (QED) is 0.656. The van der Waals surface area contributed by atoms with Gasteiger partial charge in [-0.05, 0) is 30.7 Å². The van der Waals surface area contributed by atoms with E-state index in [4.69, 9.17) is 15.3 Å². The highest BCUT2D eigenvalue weighted by atomic mass is 19.1. The van der Waals surface area contributed by atoms with Crippen molar-refractivity contribution in [3.63, 3.8) is 0 Å². The van der Waals surface area contributed by atoms with Gasteiger partial charge in [-0.3, -0.25) is 5.84 Å². The number of halogens is 1. The van der Waals surface area contributed by atoms with Crippen molar-refractivity contribution < 1.29 is 13.9 Å². The Morgan fingerprint density at radius 2 is 1.71 bits per heavy atom. The molecule has 0 aliphatic carbocycles. The van der Waals surface area contributed by atoms with Crippen molar-refractivity contribution >= 4 is 0 Å². The lowest BCUT2D eigenvalue weighted by Crippen LogP contribution is -2.30. The molecule has 1 unspecified atom stereocenters. The van der Waals surface area contributed by atoms with Crippen LogP contribution in [0.25, 0.3) is 0 Å². The highest BCUT2D eigenvalue weighted by Gasteiger charge is 2.24. The molecule has 2 rings (SSSR count). The van der Waals surface area contributed by atoms with Crippen LogP contribution in [0.3, 0.4) is 0 Å². The smallest absolute Gasteiger partial charge is 0.128 e. The summed E-state index contributed by atoms with van der Waals surface area (Å²) in [6, 6.07) is 9.83. The molecule has 112 valence electrons. The van der Waals surface area contributed by atoms with Gasteiger partial charge in [-0.2, -0.15) is 0 Å². The summed E-state index contributed by atoms with van der Waals surface area (Å²) in [4.78, 5) is 0. The molecule has 0 amide bonds. The van der Waals surface area contributed by atoms with Crippen molar-refractivity contribution in [1.29, 1.82) is 0 Å². The van der Waals surface area contributed by atoms with Crippen LogP contribution in [0.4, 0.5) is 4.39 Å². The number of nitrogens with two attached hydrogens (primary N) is 1. The Morgan fingerprint density at radius 1 is 1.10 bits per heavy atom. The molecule has 0 aliphatic rings. The first-order chi connectivity index (χ1) is 10.1. The van der Waals surface area contributed by atoms with Gasteiger partial charge in [0.25, 0.3) is 0 Å². The predicted octanol–water partition coefficient (Wildman–Crippen LogP) is 2.70. The third-order valence-electron chi connectivity index (χ3n) is 3.39. The van der Waals surface area contributed by atoms with Crippen molar-refractivity contribution in [3.05, 3.63) is 58.9 Å². The first-order valence-corrected chi connectivity index (χ1v) is 6.55. The molecule has 0 bridgehead atoms. The van der Waals surface area contributed by atoms with Crippen LogP contribution in [0.5, 0.6) is 11.5 Å². The maximum absolute atomic E-state index is 14.3. The van der Waals surface area contributed by atoms with Gasteiger partial charge < -0.3 is 9.47 Å². The second kappa shape index (κ2) is 6.56. The van der Waals surface area contributed by atoms with Gasteiger partial charge in [0.2, 0.25) is 0 Å². The minimum atomic E-state index is -0.573. The minimum Gasteiger partial charge on any atom is -0.496 e. The van der Waals surface area contributed by atoms with E-state index in [1.54, 1.807) is 38.5 Å². The molecule has 1 atom stereocenters. The molecule has 0 heterocycles. The van der Waals surface area contributed by atoms with E-state index in [2.05, 4.69) is 5.43 Å². The fraction of sp³-hybridized carbons (Fsp3) is 0.250. The topological polar surface area (TPSA) is 56.5 Å². The van der Waals surface area contributed by atoms with E-state index in [9.17, 15) is 4.39 Å². The molecule has 0 aromatic heterocycles. The summed E-state index contributed by atoms with van der Waals surface area (Å²) in [5.41, 5.74) is 4.59. The highest BCUT2D eigenvalue weighted by molar-refractivity contribution is 5.50. The zero-order valence-corrected chi connectivity index (χ0v) is 12.3. The van der Waals surface area contributed by atoms with E-state index in [1.807, 2.05) is 13.0 Å². The third kappa shape index (κ3) is 2.99. The third-order valence-corrected chi connectivity index (χ3v) is 3.39. The number of rotatable bonds is 5. The van der Waals surface area contributed by atoms with E-state index >= 15 is 0 Å². The monoisotopic (exact) mass is 290 g/mol. The van der Waals surface area contributed by atoms with Crippen LogP contribution in [0.2, 0.25) is 0 Å². The van der Waals surface area contributed by atoms with Crippen LogP contribution in [0.1, 0.15) is 22.7 Å². The van der Waals surface area contributed by atoms with E-state index in [1.165, 1.54) is 6.07 Å². The maximum Gasteiger partial charge on any atom is 0.128 e. The SMILES string of the molecule is COc1cccc(OC)c1C(NN)c1ccc(C)cc1F. The molecule has 2 aromatic carbocycles. The second-order valence-corrected chi connectivity index (χ2v) is 4.70. The Kier molecular flexibility index (Phi) is 4.77. The summed E-state index contributed by atoms with van der Waals surface area (Å²) in [7, 11) is 3.11. The van der Waals surface area contributed by atoms with Crippen LogP contribution in [0.15, 0.2) is 36.4 Å². The lowest BCUT2D eigenvalue weighted by Gasteiger charge is -2.22. The van der Waals surface area contributed by atoms with Gasteiger partial charge >= 0.3 is 0 Å². The van der Waals surface area contributed by atoms with Crippen molar-refractivity contribution in [3.8, 4) is 11.5 Å². The first-order valence-electron chi connectivity index (χ1n) is 6.55. The van der Waals surface area contributed by atoms with Crippen molar-refractivity contribution in [1.82, 2.24) is 5.43 Å². The van der Waals surface area contributed by atoms with Gasteiger partial charge in [0.15, 0.2) is 0 Å². The second-order valence-electron chi connectivity index (χ2n) is 4.70. The van der Waals surface area contributed by atoms with Gasteiger partial charge in [-0.25, -0.2) is 9.82 Å². The van der Waals surface area contributed by atoms with Crippen LogP contribution in [-0.4, -0.2) is 14.2 Å². The highest BCUT2D eigenvalue weighted by Crippen LogP contribution is 2.37. The van der Waals surface area contributed by atoms with E-state index in [0.717, 1.165) is 5.56 Å². The number of aryl methyl sites for hydroxylation is 1. The molecule has 0 aliphatic heterocycles. The lowest BCUT2D eigenvalue weighted by molar-refractivity contribution is 0.376. The Bertz CT molecular complexity index is 609. The normalized spacial score (nSPS) is 12.0. The molecule has 0 saturated carbocycles. The van der Waals surface area contributed by atoms with E-state index < -0.39 is 6.04 Å². The molecule has 0 radical (unpaired) electrons. The maximum atomic E-state index is 14.3. The number of nitrogens with one attached hydrogen (secondary N) is 1. The zero-order chi connectivity index (χ0) is 15.4. The molecule has 3 N–H and O–H groups in total. The molecule has 0 saturated heterocycles. The predicted molar refractivity (Wildman–Crippen MR) is 79.8 cm³/mol. The van der Waals surface area contributed by atoms with Gasteiger partial charge in [0.05, 0.1) is 25.8 Å². The van der Waals surface area contributed by atoms with Crippen LogP contribution >= 0.6 is 0 Å². The standard InChI is InChI=1S/C16H19FN2O2/c1-10-7-8-11(12(17)9-10)16(19-18)15-13(20-2)5-4-6-14(15)21-3/h4-9,16,19H,18H2,1-3H3. The fourth-order valence-electron chi connectivity index (χ4n) is 2.36. The fourth-order valence-corrected chi connectivity index (χ4v) is 2.36. The molecule has 0 fully saturated rings. The van der Waals surface area contributed by atoms with Crippen LogP contribution in [0, 0.1) is 12.7 Å². The average molecular weight is 290 g/mol. The summed E-state index contributed by atoms with van der Waals surface area (Å²) >= 11 is 0. The van der Waals surface area contributed by atoms with E-state index in [0.29, 0.717) is 22.6 Å². The van der Waals surface area contributed by atoms with Gasteiger partial charge in [-0.1, -0.05) is 18.2 Å². The van der Waals surface area contributed by atoms with Crippen LogP contribution in [-0.2, 0) is 0 Å². The largest absolute Gasteiger partial charge is 0.496 e. The molecule has 5 heteroatoms. The number of methoxy groups -OCH3 is 2. The Morgan fingerprint density at radius 3 is 2.19 bits per heavy atom. The summed E-state index contributed by atoms with van der Waals surface area (Å²) in [5, 5.41) is 0. The van der Waals surface area contributed by atoms with Crippen molar-refractivity contribution in [2.75, 3.05) is 14.2 Å². The number of benzene rings is 2. The molecular formula is C16H19FN2O2. The number of hydrazine groups is 1. The lowest BCUT2D eigenvalue weighted by atomic mass is 9.96. The number of hydrogen-bond acceptors (Lipinski definition) is 4. The summed E-state index contributed by atoms with van der Waals surface area (Å²) < 4.78 is 25.0. The van der Waals surface area contributed by atoms with Gasteiger partial charge in [-0.15, -0.1) is 0 Å². The molecule has 4 nitrogen and oxygen atoms in total. The van der Waals surface area contributed by atoms with Crippen molar-refractivity contribution in [2.24, 2.45) is 5.84 Å². The number of ether oxygens (including phenoxy) is 2. The van der Waals surface area contributed by atoms with Gasteiger partial charge in [0, 0.05) is 5.56 Å².